The highest BCUT2D eigenvalue weighted by atomic mass is 19.3. The summed E-state index contributed by atoms with van der Waals surface area (Å²) < 4.78 is 25.3. The summed E-state index contributed by atoms with van der Waals surface area (Å²) in [4.78, 5) is 18.9. The van der Waals surface area contributed by atoms with Crippen LogP contribution in [0.4, 0.5) is 8.78 Å². The summed E-state index contributed by atoms with van der Waals surface area (Å²) in [5.41, 5.74) is 1.82. The van der Waals surface area contributed by atoms with E-state index in [9.17, 15) is 13.6 Å². The molecule has 2 aromatic rings. The lowest BCUT2D eigenvalue weighted by Gasteiger charge is -2.06. The van der Waals surface area contributed by atoms with Crippen molar-refractivity contribution in [1.82, 2.24) is 9.97 Å². The molecule has 3 nitrogen and oxygen atoms in total. The summed E-state index contributed by atoms with van der Waals surface area (Å²) in [5, 5.41) is 0. The van der Waals surface area contributed by atoms with Crippen LogP contribution in [0.2, 0.25) is 0 Å². The first-order chi connectivity index (χ1) is 9.15. The number of benzene rings is 1. The minimum absolute atomic E-state index is 0.0688. The average Bonchev–Trinajstić information content (AvgIpc) is 2.87. The van der Waals surface area contributed by atoms with Crippen molar-refractivity contribution in [3.63, 3.8) is 0 Å². The molecule has 1 heterocycles. The first-order valence-corrected chi connectivity index (χ1v) is 6.15. The van der Waals surface area contributed by atoms with Crippen LogP contribution in [0.15, 0.2) is 29.1 Å². The topological polar surface area (TPSA) is 45.8 Å². The second-order valence-corrected chi connectivity index (χ2v) is 4.62. The molecule has 0 fully saturated rings. The van der Waals surface area contributed by atoms with Crippen molar-refractivity contribution in [2.24, 2.45) is 0 Å². The molecule has 0 saturated carbocycles. The van der Waals surface area contributed by atoms with Crippen molar-refractivity contribution >= 4 is 0 Å². The van der Waals surface area contributed by atoms with E-state index < -0.39 is 6.43 Å². The number of hydrogen-bond donors (Lipinski definition) is 1. The number of rotatable bonds is 2. The second-order valence-electron chi connectivity index (χ2n) is 4.62. The van der Waals surface area contributed by atoms with Crippen molar-refractivity contribution < 1.29 is 8.78 Å². The van der Waals surface area contributed by atoms with E-state index >= 15 is 0 Å². The smallest absolute Gasteiger partial charge is 0.263 e. The van der Waals surface area contributed by atoms with Crippen LogP contribution in [0.1, 0.15) is 29.7 Å². The summed E-state index contributed by atoms with van der Waals surface area (Å²) in [5.74, 6) is 0.369. The van der Waals surface area contributed by atoms with Gasteiger partial charge < -0.3 is 4.98 Å². The van der Waals surface area contributed by atoms with Crippen molar-refractivity contribution in [1.29, 1.82) is 0 Å². The Kier molecular flexibility index (Phi) is 2.89. The number of nitrogens with zero attached hydrogens (tertiary/aromatic N) is 1. The van der Waals surface area contributed by atoms with E-state index in [1.54, 1.807) is 12.1 Å². The molecule has 0 unspecified atom stereocenters. The lowest BCUT2D eigenvalue weighted by atomic mass is 10.1. The van der Waals surface area contributed by atoms with Crippen molar-refractivity contribution in [2.45, 2.75) is 25.7 Å². The number of nitrogens with one attached hydrogen (secondary N) is 1. The standard InChI is InChI=1S/C14H12F2N2O/c15-12(16)8-3-1-4-9(7-8)13-17-11-6-2-5-10(11)14(19)18-13/h1,3-4,7,12H,2,5-6H2,(H,17,18,19). The van der Waals surface area contributed by atoms with Crippen molar-refractivity contribution in [2.75, 3.05) is 0 Å². The van der Waals surface area contributed by atoms with E-state index in [2.05, 4.69) is 9.97 Å². The molecule has 0 bridgehead atoms. The van der Waals surface area contributed by atoms with Crippen LogP contribution in [-0.2, 0) is 12.8 Å². The van der Waals surface area contributed by atoms with Gasteiger partial charge in [0.1, 0.15) is 5.82 Å². The monoisotopic (exact) mass is 262 g/mol. The molecular formula is C14H12F2N2O. The fourth-order valence-corrected chi connectivity index (χ4v) is 2.40. The van der Waals surface area contributed by atoms with Crippen molar-refractivity contribution in [3.8, 4) is 11.4 Å². The van der Waals surface area contributed by atoms with E-state index in [0.29, 0.717) is 11.4 Å². The van der Waals surface area contributed by atoms with Gasteiger partial charge in [-0.1, -0.05) is 18.2 Å². The Morgan fingerprint density at radius 1 is 1.26 bits per heavy atom. The Morgan fingerprint density at radius 2 is 2.11 bits per heavy atom. The Labute approximate surface area is 108 Å². The van der Waals surface area contributed by atoms with Gasteiger partial charge in [0, 0.05) is 16.7 Å². The van der Waals surface area contributed by atoms with Gasteiger partial charge >= 0.3 is 0 Å². The molecule has 0 atom stereocenters. The lowest BCUT2D eigenvalue weighted by Crippen LogP contribution is -2.15. The van der Waals surface area contributed by atoms with E-state index in [1.165, 1.54) is 12.1 Å². The third-order valence-corrected chi connectivity index (χ3v) is 3.35. The molecule has 0 spiro atoms. The summed E-state index contributed by atoms with van der Waals surface area (Å²) in [6.07, 6.45) is -0.0806. The molecule has 98 valence electrons. The number of H-pyrrole nitrogens is 1. The summed E-state index contributed by atoms with van der Waals surface area (Å²) in [6, 6.07) is 5.94. The maximum atomic E-state index is 12.7. The summed E-state index contributed by atoms with van der Waals surface area (Å²) in [6.45, 7) is 0. The highest BCUT2D eigenvalue weighted by molar-refractivity contribution is 5.56. The van der Waals surface area contributed by atoms with Gasteiger partial charge in [-0.15, -0.1) is 0 Å². The van der Waals surface area contributed by atoms with Crippen LogP contribution in [0.3, 0.4) is 0 Å². The molecule has 1 aromatic heterocycles. The first-order valence-electron chi connectivity index (χ1n) is 6.15. The van der Waals surface area contributed by atoms with Crippen LogP contribution < -0.4 is 5.56 Å². The van der Waals surface area contributed by atoms with E-state index in [-0.39, 0.29) is 11.1 Å². The average molecular weight is 262 g/mol. The molecule has 0 radical (unpaired) electrons. The number of aromatic amines is 1. The molecule has 0 saturated heterocycles. The number of halogens is 2. The third kappa shape index (κ3) is 2.16. The number of alkyl halides is 2. The quantitative estimate of drug-likeness (QED) is 0.904. The molecule has 1 aromatic carbocycles. The van der Waals surface area contributed by atoms with Gasteiger partial charge in [0.2, 0.25) is 0 Å². The zero-order valence-electron chi connectivity index (χ0n) is 10.1. The second kappa shape index (κ2) is 4.57. The fraction of sp³-hybridized carbons (Fsp3) is 0.286. The summed E-state index contributed by atoms with van der Waals surface area (Å²) in [7, 11) is 0. The van der Waals surface area contributed by atoms with Gasteiger partial charge in [-0.25, -0.2) is 13.8 Å². The fourth-order valence-electron chi connectivity index (χ4n) is 2.40. The van der Waals surface area contributed by atoms with Gasteiger partial charge in [0.15, 0.2) is 0 Å². The normalized spacial score (nSPS) is 13.8. The van der Waals surface area contributed by atoms with Gasteiger partial charge in [0.25, 0.3) is 12.0 Å². The van der Waals surface area contributed by atoms with Crippen LogP contribution in [0.25, 0.3) is 11.4 Å². The Balaban J connectivity index is 2.10. The van der Waals surface area contributed by atoms with Crippen molar-refractivity contribution in [3.05, 3.63) is 51.4 Å². The maximum absolute atomic E-state index is 12.7. The predicted octanol–water partition coefficient (Wildman–Crippen LogP) is 2.86. The highest BCUT2D eigenvalue weighted by Gasteiger charge is 2.18. The van der Waals surface area contributed by atoms with E-state index in [0.717, 1.165) is 30.5 Å². The zero-order chi connectivity index (χ0) is 13.4. The van der Waals surface area contributed by atoms with Crippen LogP contribution in [-0.4, -0.2) is 9.97 Å². The van der Waals surface area contributed by atoms with Gasteiger partial charge in [-0.3, -0.25) is 4.79 Å². The maximum Gasteiger partial charge on any atom is 0.263 e. The number of hydrogen-bond acceptors (Lipinski definition) is 2. The van der Waals surface area contributed by atoms with E-state index in [4.69, 9.17) is 0 Å². The molecule has 3 rings (SSSR count). The summed E-state index contributed by atoms with van der Waals surface area (Å²) >= 11 is 0. The molecule has 1 aliphatic carbocycles. The number of aromatic nitrogens is 2. The Bertz CT molecular complexity index is 679. The molecule has 1 aliphatic rings. The van der Waals surface area contributed by atoms with Crippen LogP contribution >= 0.6 is 0 Å². The molecule has 0 amide bonds. The number of aryl methyl sites for hydroxylation is 1. The largest absolute Gasteiger partial charge is 0.306 e. The molecule has 0 aliphatic heterocycles. The minimum Gasteiger partial charge on any atom is -0.306 e. The lowest BCUT2D eigenvalue weighted by molar-refractivity contribution is 0.151. The number of fused-ring (bicyclic) bond motifs is 1. The van der Waals surface area contributed by atoms with Gasteiger partial charge in [0.05, 0.1) is 5.69 Å². The Hall–Kier alpha value is -2.04. The zero-order valence-corrected chi connectivity index (χ0v) is 10.1. The SMILES string of the molecule is O=c1[nH]c(-c2cccc(C(F)F)c2)nc2c1CCC2. The van der Waals surface area contributed by atoms with Gasteiger partial charge in [-0.05, 0) is 25.3 Å². The molecule has 19 heavy (non-hydrogen) atoms. The first kappa shape index (κ1) is 12.0. The highest BCUT2D eigenvalue weighted by Crippen LogP contribution is 2.24. The Morgan fingerprint density at radius 3 is 2.89 bits per heavy atom. The molecule has 5 heteroatoms. The third-order valence-electron chi connectivity index (χ3n) is 3.35. The van der Waals surface area contributed by atoms with Crippen LogP contribution in [0.5, 0.6) is 0 Å². The predicted molar refractivity (Wildman–Crippen MR) is 67.3 cm³/mol. The molecular weight excluding hydrogens is 250 g/mol. The molecule has 1 N–H and O–H groups in total. The van der Waals surface area contributed by atoms with Crippen LogP contribution in [0, 0.1) is 0 Å². The van der Waals surface area contributed by atoms with Gasteiger partial charge in [-0.2, -0.15) is 0 Å². The van der Waals surface area contributed by atoms with E-state index in [1.807, 2.05) is 0 Å². The minimum atomic E-state index is -2.53.